The molecule has 0 saturated carbocycles. The highest BCUT2D eigenvalue weighted by Gasteiger charge is 2.12. The third kappa shape index (κ3) is 3.25. The van der Waals surface area contributed by atoms with Gasteiger partial charge in [0.25, 0.3) is 0 Å². The monoisotopic (exact) mass is 278 g/mol. The molecule has 1 atom stereocenters. The molecule has 0 aliphatic carbocycles. The summed E-state index contributed by atoms with van der Waals surface area (Å²) in [6.07, 6.45) is 5.93. The summed E-state index contributed by atoms with van der Waals surface area (Å²) in [6, 6.07) is 6.24. The van der Waals surface area contributed by atoms with Crippen molar-refractivity contribution in [2.24, 2.45) is 0 Å². The fourth-order valence-electron chi connectivity index (χ4n) is 2.40. The Bertz CT molecular complexity index is 543. The Morgan fingerprint density at radius 3 is 2.50 bits per heavy atom. The minimum atomic E-state index is -0.501. The quantitative estimate of drug-likeness (QED) is 0.848. The molecule has 2 rings (SSSR count). The van der Waals surface area contributed by atoms with Gasteiger partial charge in [-0.05, 0) is 37.2 Å². The van der Waals surface area contributed by atoms with E-state index in [1.165, 1.54) is 18.2 Å². The Hall–Kier alpha value is -1.68. The summed E-state index contributed by atoms with van der Waals surface area (Å²) in [5, 5.41) is 3.26. The highest BCUT2D eigenvalue weighted by atomic mass is 19.1. The molecule has 0 bridgehead atoms. The van der Waals surface area contributed by atoms with Crippen molar-refractivity contribution in [2.45, 2.75) is 32.4 Å². The lowest BCUT2D eigenvalue weighted by atomic mass is 10.1. The van der Waals surface area contributed by atoms with Crippen molar-refractivity contribution in [3.05, 3.63) is 59.4 Å². The summed E-state index contributed by atoms with van der Waals surface area (Å²) in [5.41, 5.74) is 1.25. The van der Waals surface area contributed by atoms with Crippen LogP contribution in [0.5, 0.6) is 0 Å². The van der Waals surface area contributed by atoms with Gasteiger partial charge in [-0.3, -0.25) is 0 Å². The van der Waals surface area contributed by atoms with Gasteiger partial charge in [-0.2, -0.15) is 0 Å². The Labute approximate surface area is 118 Å². The van der Waals surface area contributed by atoms with Crippen LogP contribution < -0.4 is 5.32 Å². The predicted molar refractivity (Wildman–Crippen MR) is 76.6 cm³/mol. The fraction of sp³-hybridized carbons (Fsp3) is 0.375. The van der Waals surface area contributed by atoms with Gasteiger partial charge in [-0.25, -0.2) is 8.78 Å². The Morgan fingerprint density at radius 1 is 1.20 bits per heavy atom. The minimum absolute atomic E-state index is 0.103. The maximum atomic E-state index is 13.6. The van der Waals surface area contributed by atoms with Crippen LogP contribution in [0, 0.1) is 11.6 Å². The average molecular weight is 278 g/mol. The van der Waals surface area contributed by atoms with Crippen LogP contribution in [0.1, 0.15) is 36.9 Å². The normalized spacial score (nSPS) is 12.6. The summed E-state index contributed by atoms with van der Waals surface area (Å²) >= 11 is 0. The lowest BCUT2D eigenvalue weighted by Gasteiger charge is -2.13. The van der Waals surface area contributed by atoms with Crippen molar-refractivity contribution in [1.82, 2.24) is 9.88 Å². The van der Waals surface area contributed by atoms with E-state index in [-0.39, 0.29) is 18.2 Å². The molecule has 0 saturated heterocycles. The summed E-state index contributed by atoms with van der Waals surface area (Å²) in [4.78, 5) is 0. The lowest BCUT2D eigenvalue weighted by molar-refractivity contribution is 0.535. The first kappa shape index (κ1) is 14.7. The number of rotatable bonds is 6. The van der Waals surface area contributed by atoms with Crippen LogP contribution in [0.15, 0.2) is 36.7 Å². The van der Waals surface area contributed by atoms with Crippen LogP contribution >= 0.6 is 0 Å². The lowest BCUT2D eigenvalue weighted by Crippen LogP contribution is -2.15. The maximum Gasteiger partial charge on any atom is 0.131 e. The second-order valence-electron chi connectivity index (χ2n) is 4.95. The van der Waals surface area contributed by atoms with Crippen molar-refractivity contribution in [3.63, 3.8) is 0 Å². The molecule has 0 aliphatic heterocycles. The molecule has 2 nitrogen and oxygen atoms in total. The van der Waals surface area contributed by atoms with Crippen LogP contribution in [0.3, 0.4) is 0 Å². The van der Waals surface area contributed by atoms with E-state index in [9.17, 15) is 8.78 Å². The number of halogens is 2. The van der Waals surface area contributed by atoms with Gasteiger partial charge < -0.3 is 9.88 Å². The van der Waals surface area contributed by atoms with Gasteiger partial charge >= 0.3 is 0 Å². The number of hydrogen-bond donors (Lipinski definition) is 1. The smallest absolute Gasteiger partial charge is 0.131 e. The van der Waals surface area contributed by atoms with E-state index in [1.807, 2.05) is 30.1 Å². The minimum Gasteiger partial charge on any atom is -0.349 e. The molecular formula is C16H20F2N2. The summed E-state index contributed by atoms with van der Waals surface area (Å²) in [7, 11) is 1.92. The van der Waals surface area contributed by atoms with Crippen LogP contribution in [0.25, 0.3) is 0 Å². The van der Waals surface area contributed by atoms with E-state index in [0.29, 0.717) is 0 Å². The number of benzene rings is 1. The summed E-state index contributed by atoms with van der Waals surface area (Å²) in [6.45, 7) is 2.34. The zero-order chi connectivity index (χ0) is 14.5. The molecule has 20 heavy (non-hydrogen) atoms. The van der Waals surface area contributed by atoms with Crippen molar-refractivity contribution in [3.8, 4) is 0 Å². The largest absolute Gasteiger partial charge is 0.349 e. The molecule has 2 aromatic rings. The Balaban J connectivity index is 2.17. The Morgan fingerprint density at radius 2 is 1.90 bits per heavy atom. The molecule has 4 heteroatoms. The standard InChI is InChI=1S/C16H20F2N2/c1-3-5-16(19-2)12-8-9-20(10-12)11-13-14(17)6-4-7-15(13)18/h4,6-10,16,19H,3,5,11H2,1-2H3. The zero-order valence-electron chi connectivity index (χ0n) is 11.9. The van der Waals surface area contributed by atoms with Crippen LogP contribution in [-0.2, 0) is 6.54 Å². The predicted octanol–water partition coefficient (Wildman–Crippen LogP) is 3.88. The maximum absolute atomic E-state index is 13.6. The van der Waals surface area contributed by atoms with Gasteiger partial charge in [0.2, 0.25) is 0 Å². The molecule has 1 heterocycles. The topological polar surface area (TPSA) is 17.0 Å². The third-order valence-corrected chi connectivity index (χ3v) is 3.50. The van der Waals surface area contributed by atoms with Crippen LogP contribution in [0.4, 0.5) is 8.78 Å². The average Bonchev–Trinajstić information content (AvgIpc) is 2.89. The van der Waals surface area contributed by atoms with Gasteiger partial charge in [0.1, 0.15) is 11.6 Å². The number of hydrogen-bond acceptors (Lipinski definition) is 1. The van der Waals surface area contributed by atoms with E-state index >= 15 is 0 Å². The molecule has 0 radical (unpaired) electrons. The van der Waals surface area contributed by atoms with Gasteiger partial charge in [0.05, 0.1) is 6.54 Å². The van der Waals surface area contributed by atoms with E-state index in [1.54, 1.807) is 0 Å². The van der Waals surface area contributed by atoms with Crippen molar-refractivity contribution < 1.29 is 8.78 Å². The van der Waals surface area contributed by atoms with Crippen molar-refractivity contribution in [1.29, 1.82) is 0 Å². The number of nitrogens with one attached hydrogen (secondary N) is 1. The van der Waals surface area contributed by atoms with Crippen LogP contribution in [-0.4, -0.2) is 11.6 Å². The fourth-order valence-corrected chi connectivity index (χ4v) is 2.40. The molecule has 0 spiro atoms. The first-order valence-electron chi connectivity index (χ1n) is 6.91. The molecule has 1 N–H and O–H groups in total. The van der Waals surface area contributed by atoms with Gasteiger partial charge in [-0.1, -0.05) is 19.4 Å². The van der Waals surface area contributed by atoms with Crippen molar-refractivity contribution in [2.75, 3.05) is 7.05 Å². The first-order valence-corrected chi connectivity index (χ1v) is 6.91. The third-order valence-electron chi connectivity index (χ3n) is 3.50. The van der Waals surface area contributed by atoms with Gasteiger partial charge in [-0.15, -0.1) is 0 Å². The first-order chi connectivity index (χ1) is 9.65. The second kappa shape index (κ2) is 6.66. The van der Waals surface area contributed by atoms with E-state index in [4.69, 9.17) is 0 Å². The molecule has 1 aromatic heterocycles. The summed E-state index contributed by atoms with van der Waals surface area (Å²) in [5.74, 6) is -1.00. The zero-order valence-corrected chi connectivity index (χ0v) is 11.9. The Kier molecular flexibility index (Phi) is 4.90. The van der Waals surface area contributed by atoms with E-state index in [0.717, 1.165) is 18.4 Å². The molecule has 1 aromatic carbocycles. The van der Waals surface area contributed by atoms with Gasteiger partial charge in [0, 0.05) is 24.0 Å². The summed E-state index contributed by atoms with van der Waals surface area (Å²) < 4.78 is 29.1. The van der Waals surface area contributed by atoms with Gasteiger partial charge in [0.15, 0.2) is 0 Å². The SMILES string of the molecule is CCCC(NC)c1ccn(Cc2c(F)cccc2F)c1. The molecule has 0 amide bonds. The molecule has 0 aliphatic rings. The molecule has 108 valence electrons. The van der Waals surface area contributed by atoms with Crippen LogP contribution in [0.2, 0.25) is 0 Å². The second-order valence-corrected chi connectivity index (χ2v) is 4.95. The van der Waals surface area contributed by atoms with Crippen molar-refractivity contribution >= 4 is 0 Å². The molecular weight excluding hydrogens is 258 g/mol. The highest BCUT2D eigenvalue weighted by Crippen LogP contribution is 2.20. The van der Waals surface area contributed by atoms with E-state index in [2.05, 4.69) is 12.2 Å². The van der Waals surface area contributed by atoms with E-state index < -0.39 is 11.6 Å². The number of nitrogens with zero attached hydrogens (tertiary/aromatic N) is 1. The number of aromatic nitrogens is 1. The molecule has 1 unspecified atom stereocenters. The molecule has 0 fully saturated rings. The highest BCUT2D eigenvalue weighted by molar-refractivity contribution is 5.22.